The van der Waals surface area contributed by atoms with Gasteiger partial charge in [-0.05, 0) is 44.9 Å². The second kappa shape index (κ2) is 5.34. The predicted molar refractivity (Wildman–Crippen MR) is 91.1 cm³/mol. The largest absolute Gasteiger partial charge is 0.505 e. The van der Waals surface area contributed by atoms with Crippen LogP contribution in [0.5, 0.6) is 5.75 Å². The van der Waals surface area contributed by atoms with Crippen molar-refractivity contribution in [3.8, 4) is 5.75 Å². The minimum absolute atomic E-state index is 0.204. The Bertz CT molecular complexity index is 912. The van der Waals surface area contributed by atoms with Crippen molar-refractivity contribution in [1.82, 2.24) is 4.57 Å². The van der Waals surface area contributed by atoms with E-state index in [-0.39, 0.29) is 5.75 Å². The van der Waals surface area contributed by atoms with E-state index in [2.05, 4.69) is 12.1 Å². The molecule has 0 radical (unpaired) electrons. The van der Waals surface area contributed by atoms with Crippen LogP contribution in [0.4, 0.5) is 0 Å². The fraction of sp³-hybridized carbons (Fsp3) is 0.211. The monoisotopic (exact) mass is 293 g/mol. The van der Waals surface area contributed by atoms with E-state index in [4.69, 9.17) is 0 Å². The Morgan fingerprint density at radius 2 is 1.95 bits per heavy atom. The summed E-state index contributed by atoms with van der Waals surface area (Å²) in [5.74, 6) is 0.204. The lowest BCUT2D eigenvalue weighted by Crippen LogP contribution is -1.96. The van der Waals surface area contributed by atoms with Gasteiger partial charge in [0.2, 0.25) is 6.41 Å². The Morgan fingerprint density at radius 1 is 1.23 bits per heavy atom. The Morgan fingerprint density at radius 3 is 2.64 bits per heavy atom. The van der Waals surface area contributed by atoms with E-state index in [1.165, 1.54) is 10.1 Å². The number of hydrogen-bond acceptors (Lipinski definition) is 2. The fourth-order valence-corrected chi connectivity index (χ4v) is 2.98. The van der Waals surface area contributed by atoms with Crippen LogP contribution in [0, 0.1) is 6.92 Å². The van der Waals surface area contributed by atoms with Crippen molar-refractivity contribution in [2.24, 2.45) is 0 Å². The summed E-state index contributed by atoms with van der Waals surface area (Å²) in [5, 5.41) is 12.6. The molecule has 0 saturated carbocycles. The summed E-state index contributed by atoms with van der Waals surface area (Å²) in [4.78, 5) is 11.6. The highest BCUT2D eigenvalue weighted by Crippen LogP contribution is 2.38. The number of fused-ring (bicyclic) bond motifs is 3. The van der Waals surface area contributed by atoms with Crippen LogP contribution in [0.25, 0.3) is 21.8 Å². The van der Waals surface area contributed by atoms with Crippen LogP contribution in [0.2, 0.25) is 0 Å². The summed E-state index contributed by atoms with van der Waals surface area (Å²) in [6.07, 6.45) is 3.52. The van der Waals surface area contributed by atoms with Gasteiger partial charge in [-0.2, -0.15) is 0 Å². The molecule has 0 atom stereocenters. The van der Waals surface area contributed by atoms with E-state index >= 15 is 0 Å². The summed E-state index contributed by atoms with van der Waals surface area (Å²) in [7, 11) is 0. The number of para-hydroxylation sites is 1. The first-order valence-corrected chi connectivity index (χ1v) is 7.37. The molecule has 3 heteroatoms. The number of nitrogens with zero attached hydrogens (tertiary/aromatic N) is 1. The SMILES string of the molecule is CC(C)=CCc1c(C)cc2c3ccccc3n(C=O)c2c1O. The van der Waals surface area contributed by atoms with Gasteiger partial charge in [0, 0.05) is 16.3 Å². The normalized spacial score (nSPS) is 11.0. The summed E-state index contributed by atoms with van der Waals surface area (Å²) < 4.78 is 1.53. The topological polar surface area (TPSA) is 42.2 Å². The number of phenolic OH excluding ortho intramolecular Hbond substituents is 1. The lowest BCUT2D eigenvalue weighted by atomic mass is 9.99. The number of carbonyl (C=O) groups excluding carboxylic acids is 1. The second-order valence-corrected chi connectivity index (χ2v) is 5.89. The highest BCUT2D eigenvalue weighted by Gasteiger charge is 2.17. The standard InChI is InChI=1S/C19H19NO2/c1-12(2)8-9-14-13(3)10-16-15-6-4-5-7-17(15)20(11-21)18(16)19(14)22/h4-8,10-11,22H,9H2,1-3H3. The minimum atomic E-state index is 0.204. The van der Waals surface area contributed by atoms with Crippen LogP contribution in [0.1, 0.15) is 25.0 Å². The quantitative estimate of drug-likeness (QED) is 0.576. The predicted octanol–water partition coefficient (Wildman–Crippen LogP) is 4.36. The van der Waals surface area contributed by atoms with Gasteiger partial charge in [0.1, 0.15) is 5.75 Å². The maximum atomic E-state index is 11.6. The maximum Gasteiger partial charge on any atom is 0.218 e. The molecule has 22 heavy (non-hydrogen) atoms. The Hall–Kier alpha value is -2.55. The van der Waals surface area contributed by atoms with Gasteiger partial charge in [0.15, 0.2) is 0 Å². The zero-order valence-corrected chi connectivity index (χ0v) is 13.1. The first kappa shape index (κ1) is 14.4. The molecule has 0 aliphatic carbocycles. The maximum absolute atomic E-state index is 11.6. The molecule has 0 aliphatic rings. The number of carbonyl (C=O) groups is 1. The first-order valence-electron chi connectivity index (χ1n) is 7.37. The molecule has 0 unspecified atom stereocenters. The van der Waals surface area contributed by atoms with Gasteiger partial charge in [0.25, 0.3) is 0 Å². The molecule has 3 nitrogen and oxygen atoms in total. The lowest BCUT2D eigenvalue weighted by molar-refractivity contribution is 0.473. The number of aromatic hydroxyl groups is 1. The van der Waals surface area contributed by atoms with E-state index in [1.54, 1.807) is 0 Å². The highest BCUT2D eigenvalue weighted by atomic mass is 16.3. The van der Waals surface area contributed by atoms with E-state index in [9.17, 15) is 9.90 Å². The van der Waals surface area contributed by atoms with Crippen LogP contribution >= 0.6 is 0 Å². The second-order valence-electron chi connectivity index (χ2n) is 5.89. The van der Waals surface area contributed by atoms with Crippen LogP contribution in [0.15, 0.2) is 42.0 Å². The number of allylic oxidation sites excluding steroid dienone is 2. The molecule has 1 heterocycles. The van der Waals surface area contributed by atoms with Crippen LogP contribution in [0.3, 0.4) is 0 Å². The average Bonchev–Trinajstić information content (AvgIpc) is 2.81. The molecule has 0 spiro atoms. The van der Waals surface area contributed by atoms with Crippen LogP contribution < -0.4 is 0 Å². The number of aromatic nitrogens is 1. The molecule has 0 fully saturated rings. The van der Waals surface area contributed by atoms with Crippen molar-refractivity contribution < 1.29 is 9.90 Å². The first-order chi connectivity index (χ1) is 10.5. The summed E-state index contributed by atoms with van der Waals surface area (Å²) >= 11 is 0. The van der Waals surface area contributed by atoms with E-state index in [1.807, 2.05) is 45.0 Å². The van der Waals surface area contributed by atoms with Crippen molar-refractivity contribution in [1.29, 1.82) is 0 Å². The van der Waals surface area contributed by atoms with Crippen molar-refractivity contribution >= 4 is 28.2 Å². The Kier molecular flexibility index (Phi) is 3.49. The van der Waals surface area contributed by atoms with E-state index in [0.717, 1.165) is 33.8 Å². The molecule has 3 aromatic rings. The molecular weight excluding hydrogens is 274 g/mol. The average molecular weight is 293 g/mol. The van der Waals surface area contributed by atoms with E-state index in [0.29, 0.717) is 11.9 Å². The van der Waals surface area contributed by atoms with Crippen molar-refractivity contribution in [3.63, 3.8) is 0 Å². The third-order valence-electron chi connectivity index (χ3n) is 4.12. The van der Waals surface area contributed by atoms with Crippen LogP contribution in [-0.4, -0.2) is 16.1 Å². The van der Waals surface area contributed by atoms with Gasteiger partial charge in [0.05, 0.1) is 11.0 Å². The molecular formula is C19H19NO2. The highest BCUT2D eigenvalue weighted by molar-refractivity contribution is 6.13. The molecule has 0 amide bonds. The number of aryl methyl sites for hydroxylation is 1. The number of rotatable bonds is 3. The summed E-state index contributed by atoms with van der Waals surface area (Å²) in [6.45, 7) is 6.07. The third kappa shape index (κ3) is 2.10. The van der Waals surface area contributed by atoms with Crippen LogP contribution in [-0.2, 0) is 11.2 Å². The molecule has 0 bridgehead atoms. The van der Waals surface area contributed by atoms with Crippen molar-refractivity contribution in [2.45, 2.75) is 27.2 Å². The molecule has 1 N–H and O–H groups in total. The summed E-state index contributed by atoms with van der Waals surface area (Å²) in [5.41, 5.74) is 4.53. The van der Waals surface area contributed by atoms with E-state index < -0.39 is 0 Å². The van der Waals surface area contributed by atoms with Crippen molar-refractivity contribution in [2.75, 3.05) is 0 Å². The van der Waals surface area contributed by atoms with Gasteiger partial charge < -0.3 is 5.11 Å². The molecule has 0 saturated heterocycles. The number of phenols is 1. The zero-order chi connectivity index (χ0) is 15.9. The molecule has 112 valence electrons. The smallest absolute Gasteiger partial charge is 0.218 e. The summed E-state index contributed by atoms with van der Waals surface area (Å²) in [6, 6.07) is 9.78. The Balaban J connectivity index is 2.41. The molecule has 0 aliphatic heterocycles. The minimum Gasteiger partial charge on any atom is -0.505 e. The van der Waals surface area contributed by atoms with Gasteiger partial charge >= 0.3 is 0 Å². The zero-order valence-electron chi connectivity index (χ0n) is 13.1. The third-order valence-corrected chi connectivity index (χ3v) is 4.12. The molecule has 3 rings (SSSR count). The fourth-order valence-electron chi connectivity index (χ4n) is 2.98. The number of hydrogen-bond donors (Lipinski definition) is 1. The lowest BCUT2D eigenvalue weighted by Gasteiger charge is -2.09. The molecule has 2 aromatic carbocycles. The van der Waals surface area contributed by atoms with Crippen molar-refractivity contribution in [3.05, 3.63) is 53.1 Å². The number of benzene rings is 2. The Labute approximate surface area is 129 Å². The molecule has 1 aromatic heterocycles. The van der Waals surface area contributed by atoms with Gasteiger partial charge in [-0.1, -0.05) is 29.8 Å². The van der Waals surface area contributed by atoms with Gasteiger partial charge in [-0.3, -0.25) is 9.36 Å². The van der Waals surface area contributed by atoms with Gasteiger partial charge in [-0.15, -0.1) is 0 Å². The van der Waals surface area contributed by atoms with Gasteiger partial charge in [-0.25, -0.2) is 0 Å².